The highest BCUT2D eigenvalue weighted by Crippen LogP contribution is 2.07. The van der Waals surface area contributed by atoms with Crippen molar-refractivity contribution in [1.82, 2.24) is 9.10 Å². The number of hydrogen-bond acceptors (Lipinski definition) is 5. The monoisotopic (exact) mass is 220 g/mol. The Balaban J connectivity index is 2.81. The zero-order chi connectivity index (χ0) is 10.1. The Bertz CT molecular complexity index is 421. The van der Waals surface area contributed by atoms with E-state index in [1.807, 2.05) is 4.72 Å². The molecule has 0 aromatic carbocycles. The molecule has 1 amide bonds. The number of aryl methyl sites for hydroxylation is 1. The van der Waals surface area contributed by atoms with Gasteiger partial charge in [0.15, 0.2) is 0 Å². The molecular formula is C6H8N2O3S2. The average Bonchev–Trinajstić information content (AvgIpc) is 2.31. The van der Waals surface area contributed by atoms with Crippen LogP contribution in [-0.4, -0.2) is 25.0 Å². The molecule has 1 heterocycles. The molecule has 72 valence electrons. The van der Waals surface area contributed by atoms with E-state index in [1.165, 1.54) is 6.07 Å². The van der Waals surface area contributed by atoms with Gasteiger partial charge in [-0.15, -0.1) is 0 Å². The number of hydrogen-bond donors (Lipinski definition) is 1. The van der Waals surface area contributed by atoms with E-state index in [4.69, 9.17) is 0 Å². The van der Waals surface area contributed by atoms with E-state index in [0.717, 1.165) is 22.7 Å². The molecule has 5 nitrogen and oxygen atoms in total. The number of nitrogens with zero attached hydrogens (tertiary/aromatic N) is 1. The molecule has 1 rings (SSSR count). The zero-order valence-corrected chi connectivity index (χ0v) is 8.70. The van der Waals surface area contributed by atoms with Crippen molar-refractivity contribution in [3.05, 3.63) is 16.6 Å². The Labute approximate surface area is 80.0 Å². The number of amides is 1. The third kappa shape index (κ3) is 3.11. The fraction of sp³-hybridized carbons (Fsp3) is 0.333. The Morgan fingerprint density at radius 1 is 1.62 bits per heavy atom. The third-order valence-corrected chi connectivity index (χ3v) is 2.39. The quantitative estimate of drug-likeness (QED) is 0.769. The van der Waals surface area contributed by atoms with Crippen molar-refractivity contribution in [2.24, 2.45) is 0 Å². The van der Waals surface area contributed by atoms with E-state index in [-0.39, 0.29) is 5.69 Å². The van der Waals surface area contributed by atoms with Crippen LogP contribution in [0.1, 0.15) is 15.4 Å². The molecule has 0 unspecified atom stereocenters. The summed E-state index contributed by atoms with van der Waals surface area (Å²) in [6, 6.07) is 1.53. The molecule has 0 saturated heterocycles. The van der Waals surface area contributed by atoms with Gasteiger partial charge in [0.1, 0.15) is 5.69 Å². The highest BCUT2D eigenvalue weighted by atomic mass is 32.2. The molecule has 13 heavy (non-hydrogen) atoms. The van der Waals surface area contributed by atoms with E-state index >= 15 is 0 Å². The maximum Gasteiger partial charge on any atom is 0.284 e. The van der Waals surface area contributed by atoms with Gasteiger partial charge in [0.05, 0.1) is 6.26 Å². The number of sulfonamides is 1. The summed E-state index contributed by atoms with van der Waals surface area (Å²) < 4.78 is 26.9. The SMILES string of the molecule is Cc1cc(C(=O)NS(C)(=O)=O)ns1. The summed E-state index contributed by atoms with van der Waals surface area (Å²) in [4.78, 5) is 12.0. The minimum absolute atomic E-state index is 0.132. The van der Waals surface area contributed by atoms with E-state index in [2.05, 4.69) is 4.37 Å². The molecule has 0 fully saturated rings. The van der Waals surface area contributed by atoms with Gasteiger partial charge in [0, 0.05) is 4.88 Å². The summed E-state index contributed by atoms with van der Waals surface area (Å²) >= 11 is 1.15. The summed E-state index contributed by atoms with van der Waals surface area (Å²) in [5.74, 6) is -0.688. The first-order chi connectivity index (χ1) is 5.88. The lowest BCUT2D eigenvalue weighted by molar-refractivity contribution is 0.0978. The summed E-state index contributed by atoms with van der Waals surface area (Å²) in [6.45, 7) is 1.79. The number of aromatic nitrogens is 1. The van der Waals surface area contributed by atoms with Gasteiger partial charge in [-0.25, -0.2) is 13.1 Å². The fourth-order valence-electron chi connectivity index (χ4n) is 0.694. The van der Waals surface area contributed by atoms with Crippen LogP contribution in [0.4, 0.5) is 0 Å². The number of carbonyl (C=O) groups excluding carboxylic acids is 1. The molecule has 0 saturated carbocycles. The van der Waals surface area contributed by atoms with Crippen molar-refractivity contribution in [2.75, 3.05) is 6.26 Å². The van der Waals surface area contributed by atoms with E-state index < -0.39 is 15.9 Å². The van der Waals surface area contributed by atoms with Crippen molar-refractivity contribution in [1.29, 1.82) is 0 Å². The molecule has 7 heteroatoms. The van der Waals surface area contributed by atoms with Gasteiger partial charge >= 0.3 is 0 Å². The van der Waals surface area contributed by atoms with E-state index in [0.29, 0.717) is 0 Å². The number of rotatable bonds is 2. The van der Waals surface area contributed by atoms with Gasteiger partial charge in [-0.1, -0.05) is 0 Å². The predicted molar refractivity (Wildman–Crippen MR) is 49.2 cm³/mol. The lowest BCUT2D eigenvalue weighted by Gasteiger charge is -1.97. The van der Waals surface area contributed by atoms with Crippen LogP contribution in [0.2, 0.25) is 0 Å². The van der Waals surface area contributed by atoms with Crippen LogP contribution in [-0.2, 0) is 10.0 Å². The number of nitrogens with one attached hydrogen (secondary N) is 1. The molecule has 0 radical (unpaired) electrons. The lowest BCUT2D eigenvalue weighted by Crippen LogP contribution is -2.29. The minimum Gasteiger partial charge on any atom is -0.266 e. The van der Waals surface area contributed by atoms with Gasteiger partial charge in [-0.2, -0.15) is 4.37 Å². The summed E-state index contributed by atoms with van der Waals surface area (Å²) in [7, 11) is -3.50. The first-order valence-electron chi connectivity index (χ1n) is 3.34. The van der Waals surface area contributed by atoms with Gasteiger partial charge in [-0.05, 0) is 24.5 Å². The topological polar surface area (TPSA) is 76.1 Å². The van der Waals surface area contributed by atoms with Crippen molar-refractivity contribution < 1.29 is 13.2 Å². The van der Waals surface area contributed by atoms with Crippen molar-refractivity contribution in [3.8, 4) is 0 Å². The molecule has 0 atom stereocenters. The minimum atomic E-state index is -3.50. The smallest absolute Gasteiger partial charge is 0.266 e. The number of carbonyl (C=O) groups is 1. The van der Waals surface area contributed by atoms with Gasteiger partial charge in [0.2, 0.25) is 10.0 Å². The van der Waals surface area contributed by atoms with E-state index in [1.54, 1.807) is 6.92 Å². The van der Waals surface area contributed by atoms with Crippen LogP contribution in [0.3, 0.4) is 0 Å². The highest BCUT2D eigenvalue weighted by molar-refractivity contribution is 7.89. The molecule has 0 aliphatic heterocycles. The maximum absolute atomic E-state index is 11.1. The third-order valence-electron chi connectivity index (χ3n) is 1.14. The summed E-state index contributed by atoms with van der Waals surface area (Å²) in [5, 5.41) is 0. The summed E-state index contributed by atoms with van der Waals surface area (Å²) in [5.41, 5.74) is 0.132. The molecule has 1 aromatic rings. The first-order valence-corrected chi connectivity index (χ1v) is 6.00. The van der Waals surface area contributed by atoms with Crippen molar-refractivity contribution in [2.45, 2.75) is 6.92 Å². The molecule has 0 aliphatic rings. The van der Waals surface area contributed by atoms with Gasteiger partial charge in [-0.3, -0.25) is 4.79 Å². The second-order valence-electron chi connectivity index (χ2n) is 2.53. The lowest BCUT2D eigenvalue weighted by atomic mass is 10.4. The van der Waals surface area contributed by atoms with Crippen LogP contribution in [0.25, 0.3) is 0 Å². The Kier molecular flexibility index (Phi) is 2.67. The van der Waals surface area contributed by atoms with Crippen LogP contribution in [0.5, 0.6) is 0 Å². The van der Waals surface area contributed by atoms with Crippen LogP contribution in [0.15, 0.2) is 6.07 Å². The average molecular weight is 220 g/mol. The molecule has 1 aromatic heterocycles. The second kappa shape index (κ2) is 3.43. The van der Waals surface area contributed by atoms with Gasteiger partial charge in [0.25, 0.3) is 5.91 Å². The second-order valence-corrected chi connectivity index (χ2v) is 5.28. The Morgan fingerprint density at radius 3 is 2.62 bits per heavy atom. The van der Waals surface area contributed by atoms with Crippen molar-refractivity contribution in [3.63, 3.8) is 0 Å². The normalized spacial score (nSPS) is 11.2. The van der Waals surface area contributed by atoms with Crippen LogP contribution >= 0.6 is 11.5 Å². The standard InChI is InChI=1S/C6H8N2O3S2/c1-4-3-5(7-12-4)6(9)8-13(2,10)11/h3H,1-2H3,(H,8,9). The van der Waals surface area contributed by atoms with Gasteiger partial charge < -0.3 is 0 Å². The highest BCUT2D eigenvalue weighted by Gasteiger charge is 2.13. The molecule has 1 N–H and O–H groups in total. The summed E-state index contributed by atoms with van der Waals surface area (Å²) in [6.07, 6.45) is 0.921. The zero-order valence-electron chi connectivity index (χ0n) is 7.07. The van der Waals surface area contributed by atoms with Crippen LogP contribution < -0.4 is 4.72 Å². The molecular weight excluding hydrogens is 212 g/mol. The Hall–Kier alpha value is -0.950. The van der Waals surface area contributed by atoms with Crippen LogP contribution in [0, 0.1) is 6.92 Å². The molecule has 0 aliphatic carbocycles. The van der Waals surface area contributed by atoms with Crippen molar-refractivity contribution >= 4 is 27.5 Å². The Morgan fingerprint density at radius 2 is 2.23 bits per heavy atom. The molecule has 0 spiro atoms. The predicted octanol–water partition coefficient (Wildman–Crippen LogP) is 0.141. The largest absolute Gasteiger partial charge is 0.284 e. The maximum atomic E-state index is 11.1. The fourth-order valence-corrected chi connectivity index (χ4v) is 1.68. The van der Waals surface area contributed by atoms with E-state index in [9.17, 15) is 13.2 Å². The first kappa shape index (κ1) is 10.1. The molecule has 0 bridgehead atoms.